The van der Waals surface area contributed by atoms with Crippen LogP contribution in [0, 0.1) is 11.3 Å². The minimum Gasteiger partial charge on any atom is -0.437 e. The number of benzene rings is 2. The average molecular weight is 537 g/mol. The van der Waals surface area contributed by atoms with E-state index in [0.29, 0.717) is 6.54 Å². The Hall–Kier alpha value is -2.55. The molecule has 192 valence electrons. The van der Waals surface area contributed by atoms with E-state index < -0.39 is 25.2 Å². The van der Waals surface area contributed by atoms with Gasteiger partial charge in [0.05, 0.1) is 0 Å². The summed E-state index contributed by atoms with van der Waals surface area (Å²) in [5.41, 5.74) is 3.07. The summed E-state index contributed by atoms with van der Waals surface area (Å²) in [5, 5.41) is 12.6. The minimum absolute atomic E-state index is 0.0797. The lowest BCUT2D eigenvalue weighted by Crippen LogP contribution is -2.52. The standard InChI is InChI=1S/C28H40N2O3Si3/c1-34(2,3)32-36(7,33-35(4,5)6)22-14-21-30-28(31)26(23-29)19-20-27(24-15-10-8-11-16-24)25-17-12-9-13-18-25/h8-13,15-20H,14,21-22H2,1-7H3,(H,30,31)/b26-19+. The van der Waals surface area contributed by atoms with Crippen LogP contribution in [0.1, 0.15) is 17.5 Å². The fraction of sp³-hybridized carbons (Fsp3) is 0.357. The SMILES string of the molecule is C[Si](C)(C)O[Si](C)(CCCNC(=O)/C(C#N)=C/C=C(c1ccccc1)c1ccccc1)O[Si](C)(C)C. The Balaban J connectivity index is 2.10. The molecule has 36 heavy (non-hydrogen) atoms. The molecule has 2 aromatic rings. The van der Waals surface area contributed by atoms with Gasteiger partial charge in [-0.25, -0.2) is 0 Å². The fourth-order valence-corrected chi connectivity index (χ4v) is 16.6. The Labute approximate surface area is 220 Å². The second kappa shape index (κ2) is 13.1. The molecule has 0 heterocycles. The Bertz CT molecular complexity index is 1040. The van der Waals surface area contributed by atoms with Crippen LogP contribution in [-0.4, -0.2) is 37.6 Å². The molecule has 0 saturated carbocycles. The molecule has 0 bridgehead atoms. The van der Waals surface area contributed by atoms with E-state index in [4.69, 9.17) is 8.23 Å². The van der Waals surface area contributed by atoms with Crippen LogP contribution in [0.2, 0.25) is 51.9 Å². The largest absolute Gasteiger partial charge is 0.437 e. The molecule has 5 nitrogen and oxygen atoms in total. The lowest BCUT2D eigenvalue weighted by Gasteiger charge is -2.38. The number of amides is 1. The Morgan fingerprint density at radius 2 is 1.31 bits per heavy atom. The highest BCUT2D eigenvalue weighted by Gasteiger charge is 2.39. The predicted octanol–water partition coefficient (Wildman–Crippen LogP) is 6.85. The van der Waals surface area contributed by atoms with E-state index in [1.165, 1.54) is 0 Å². The molecule has 0 radical (unpaired) electrons. The van der Waals surface area contributed by atoms with Gasteiger partial charge in [0.15, 0.2) is 16.6 Å². The molecule has 2 aromatic carbocycles. The van der Waals surface area contributed by atoms with E-state index in [0.717, 1.165) is 29.2 Å². The zero-order valence-corrected chi connectivity index (χ0v) is 25.7. The monoisotopic (exact) mass is 536 g/mol. The molecule has 1 amide bonds. The predicted molar refractivity (Wildman–Crippen MR) is 157 cm³/mol. The molecule has 0 unspecified atom stereocenters. The van der Waals surface area contributed by atoms with Crippen molar-refractivity contribution in [3.8, 4) is 6.07 Å². The zero-order valence-electron chi connectivity index (χ0n) is 22.7. The van der Waals surface area contributed by atoms with Crippen molar-refractivity contribution >= 4 is 36.7 Å². The summed E-state index contributed by atoms with van der Waals surface area (Å²) in [6.07, 6.45) is 4.19. The van der Waals surface area contributed by atoms with Crippen molar-refractivity contribution < 1.29 is 13.0 Å². The maximum atomic E-state index is 12.8. The molecule has 0 atom stereocenters. The first-order chi connectivity index (χ1) is 16.8. The first-order valence-electron chi connectivity index (χ1n) is 12.4. The van der Waals surface area contributed by atoms with Gasteiger partial charge in [0, 0.05) is 6.54 Å². The summed E-state index contributed by atoms with van der Waals surface area (Å²) in [7, 11) is -5.88. The third-order valence-corrected chi connectivity index (χ3v) is 14.7. The molecule has 1 N–H and O–H groups in total. The van der Waals surface area contributed by atoms with Crippen LogP contribution in [0.25, 0.3) is 5.57 Å². The topological polar surface area (TPSA) is 71.3 Å². The highest BCUT2D eigenvalue weighted by molar-refractivity contribution is 6.87. The van der Waals surface area contributed by atoms with Crippen molar-refractivity contribution in [3.63, 3.8) is 0 Å². The maximum Gasteiger partial charge on any atom is 0.314 e. The van der Waals surface area contributed by atoms with Gasteiger partial charge in [-0.2, -0.15) is 5.26 Å². The van der Waals surface area contributed by atoms with Gasteiger partial charge in [0.25, 0.3) is 5.91 Å². The number of nitrogens with zero attached hydrogens (tertiary/aromatic N) is 1. The number of carbonyl (C=O) groups is 1. The number of allylic oxidation sites excluding steroid dienone is 2. The van der Waals surface area contributed by atoms with Crippen LogP contribution < -0.4 is 5.32 Å². The Kier molecular flexibility index (Phi) is 10.8. The molecule has 2 rings (SSSR count). The van der Waals surface area contributed by atoms with Gasteiger partial charge < -0.3 is 13.5 Å². The quantitative estimate of drug-likeness (QED) is 0.106. The van der Waals surface area contributed by atoms with Gasteiger partial charge in [-0.15, -0.1) is 0 Å². The zero-order chi connectivity index (χ0) is 26.8. The molecule has 0 fully saturated rings. The summed E-state index contributed by atoms with van der Waals surface area (Å²) in [6.45, 7) is 15.7. The Morgan fingerprint density at radius 3 is 1.72 bits per heavy atom. The van der Waals surface area contributed by atoms with Gasteiger partial charge in [-0.05, 0) is 81.1 Å². The Morgan fingerprint density at radius 1 is 0.833 bits per heavy atom. The summed E-state index contributed by atoms with van der Waals surface area (Å²) >= 11 is 0. The van der Waals surface area contributed by atoms with Gasteiger partial charge in [0.2, 0.25) is 0 Å². The van der Waals surface area contributed by atoms with Crippen molar-refractivity contribution in [1.82, 2.24) is 5.32 Å². The van der Waals surface area contributed by atoms with Crippen molar-refractivity contribution in [2.75, 3.05) is 6.54 Å². The van der Waals surface area contributed by atoms with E-state index in [1.54, 1.807) is 6.08 Å². The summed E-state index contributed by atoms with van der Waals surface area (Å²) in [4.78, 5) is 12.8. The highest BCUT2D eigenvalue weighted by Crippen LogP contribution is 2.26. The van der Waals surface area contributed by atoms with E-state index in [1.807, 2.05) is 66.7 Å². The molecule has 0 aliphatic heterocycles. The van der Waals surface area contributed by atoms with Crippen molar-refractivity contribution in [2.45, 2.75) is 58.3 Å². The third-order valence-electron chi connectivity index (χ3n) is 5.09. The number of nitrogens with one attached hydrogen (secondary N) is 1. The molecular weight excluding hydrogens is 497 g/mol. The second-order valence-corrected chi connectivity index (χ2v) is 23.8. The van der Waals surface area contributed by atoms with Crippen molar-refractivity contribution in [2.24, 2.45) is 0 Å². The smallest absolute Gasteiger partial charge is 0.314 e. The van der Waals surface area contributed by atoms with E-state index in [2.05, 4.69) is 57.2 Å². The number of rotatable bonds is 12. The molecule has 0 aliphatic carbocycles. The van der Waals surface area contributed by atoms with E-state index >= 15 is 0 Å². The van der Waals surface area contributed by atoms with Gasteiger partial charge in [0.1, 0.15) is 11.6 Å². The van der Waals surface area contributed by atoms with Crippen LogP contribution in [0.3, 0.4) is 0 Å². The highest BCUT2D eigenvalue weighted by atomic mass is 28.5. The third kappa shape index (κ3) is 10.6. The van der Waals surface area contributed by atoms with Gasteiger partial charge >= 0.3 is 8.56 Å². The van der Waals surface area contributed by atoms with Crippen molar-refractivity contribution in [3.05, 3.63) is 89.5 Å². The fourth-order valence-electron chi connectivity index (χ4n) is 4.05. The van der Waals surface area contributed by atoms with Crippen LogP contribution in [0.5, 0.6) is 0 Å². The van der Waals surface area contributed by atoms with Crippen LogP contribution in [0.15, 0.2) is 78.4 Å². The maximum absolute atomic E-state index is 12.8. The molecule has 0 aromatic heterocycles. The minimum atomic E-state index is -2.35. The van der Waals surface area contributed by atoms with E-state index in [-0.39, 0.29) is 11.5 Å². The number of hydrogen-bond donors (Lipinski definition) is 1. The first kappa shape index (κ1) is 29.7. The first-order valence-corrected chi connectivity index (χ1v) is 21.8. The molecular formula is C28H40N2O3Si3. The number of hydrogen-bond acceptors (Lipinski definition) is 4. The van der Waals surface area contributed by atoms with Crippen LogP contribution in [-0.2, 0) is 13.0 Å². The summed E-state index contributed by atoms with van der Waals surface area (Å²) < 4.78 is 13.1. The van der Waals surface area contributed by atoms with Crippen molar-refractivity contribution in [1.29, 1.82) is 5.26 Å². The van der Waals surface area contributed by atoms with Gasteiger partial charge in [-0.1, -0.05) is 66.7 Å². The molecule has 0 saturated heterocycles. The normalized spacial score (nSPS) is 12.6. The number of carbonyl (C=O) groups excluding carboxylic acids is 1. The summed E-state index contributed by atoms with van der Waals surface area (Å²) in [6, 6.07) is 22.8. The summed E-state index contributed by atoms with van der Waals surface area (Å²) in [5.74, 6) is -0.366. The average Bonchev–Trinajstić information content (AvgIpc) is 2.78. The number of nitriles is 1. The van der Waals surface area contributed by atoms with Crippen LogP contribution in [0.4, 0.5) is 0 Å². The van der Waals surface area contributed by atoms with Crippen LogP contribution >= 0.6 is 0 Å². The molecule has 8 heteroatoms. The molecule has 0 spiro atoms. The van der Waals surface area contributed by atoms with Gasteiger partial charge in [-0.3, -0.25) is 4.79 Å². The lowest BCUT2D eigenvalue weighted by atomic mass is 9.97. The van der Waals surface area contributed by atoms with E-state index in [9.17, 15) is 10.1 Å². The lowest BCUT2D eigenvalue weighted by molar-refractivity contribution is -0.117. The molecule has 0 aliphatic rings. The second-order valence-electron chi connectivity index (χ2n) is 10.9.